The summed E-state index contributed by atoms with van der Waals surface area (Å²) in [6.07, 6.45) is 4.33. The van der Waals surface area contributed by atoms with Gasteiger partial charge in [-0.2, -0.15) is 0 Å². The largest absolute Gasteiger partial charge is 0.371 e. The van der Waals surface area contributed by atoms with E-state index in [-0.39, 0.29) is 17.4 Å². The Morgan fingerprint density at radius 1 is 0.900 bits per heavy atom. The first-order chi connectivity index (χ1) is 14.6. The van der Waals surface area contributed by atoms with E-state index < -0.39 is 0 Å². The van der Waals surface area contributed by atoms with Crippen molar-refractivity contribution in [2.24, 2.45) is 11.8 Å². The van der Waals surface area contributed by atoms with Gasteiger partial charge in [0.15, 0.2) is 0 Å². The summed E-state index contributed by atoms with van der Waals surface area (Å²) in [7, 11) is 0. The molecule has 4 saturated heterocycles. The molecule has 158 valence electrons. The second kappa shape index (κ2) is 8.07. The Morgan fingerprint density at radius 2 is 1.60 bits per heavy atom. The van der Waals surface area contributed by atoms with Crippen LogP contribution in [0, 0.1) is 11.8 Å². The maximum Gasteiger partial charge on any atom is 0.223 e. The molecule has 4 fully saturated rings. The molecule has 4 aliphatic heterocycles. The minimum Gasteiger partial charge on any atom is -0.371 e. The summed E-state index contributed by atoms with van der Waals surface area (Å²) in [4.78, 5) is 18.0. The molecule has 4 aliphatic rings. The number of carbonyl (C=O) groups excluding carboxylic acids is 1. The number of amides is 1. The first-order valence-corrected chi connectivity index (χ1v) is 11.6. The van der Waals surface area contributed by atoms with Crippen LogP contribution in [-0.2, 0) is 4.79 Å². The van der Waals surface area contributed by atoms with Crippen LogP contribution in [0.5, 0.6) is 0 Å². The molecule has 30 heavy (non-hydrogen) atoms. The molecule has 0 radical (unpaired) electrons. The second-order valence-corrected chi connectivity index (χ2v) is 9.63. The molecule has 2 bridgehead atoms. The standard InChI is InChI=1S/C26H33N3O/c1-26(19-28-14-12-23(26)13-15-28)27-25(30)21-10-16-29(17-11-21)24-9-5-8-22(18-24)20-6-3-2-4-7-20/h2-9,18,21,23H,10-17,19H2,1H3,(H,27,30). The zero-order chi connectivity index (χ0) is 20.6. The fourth-order valence-corrected chi connectivity index (χ4v) is 5.76. The molecule has 1 unspecified atom stereocenters. The van der Waals surface area contributed by atoms with Crippen molar-refractivity contribution in [1.82, 2.24) is 10.2 Å². The minimum atomic E-state index is -0.0330. The van der Waals surface area contributed by atoms with Crippen LogP contribution in [0.2, 0.25) is 0 Å². The molecule has 1 atom stereocenters. The minimum absolute atomic E-state index is 0.0330. The van der Waals surface area contributed by atoms with Gasteiger partial charge in [0.25, 0.3) is 0 Å². The van der Waals surface area contributed by atoms with Crippen molar-refractivity contribution in [3.63, 3.8) is 0 Å². The van der Waals surface area contributed by atoms with Crippen LogP contribution in [0.3, 0.4) is 0 Å². The average molecular weight is 404 g/mol. The van der Waals surface area contributed by atoms with Crippen molar-refractivity contribution in [3.05, 3.63) is 54.6 Å². The molecule has 1 amide bonds. The molecular formula is C26H33N3O. The Hall–Kier alpha value is -2.33. The molecule has 1 N–H and O–H groups in total. The van der Waals surface area contributed by atoms with E-state index in [0.29, 0.717) is 5.92 Å². The number of rotatable bonds is 4. The van der Waals surface area contributed by atoms with E-state index in [2.05, 4.69) is 76.6 Å². The van der Waals surface area contributed by atoms with Gasteiger partial charge in [0.05, 0.1) is 5.54 Å². The van der Waals surface area contributed by atoms with Crippen molar-refractivity contribution >= 4 is 11.6 Å². The Bertz CT molecular complexity index is 882. The number of benzene rings is 2. The topological polar surface area (TPSA) is 35.6 Å². The molecule has 0 aliphatic carbocycles. The van der Waals surface area contributed by atoms with Gasteiger partial charge < -0.3 is 15.1 Å². The van der Waals surface area contributed by atoms with Crippen LogP contribution < -0.4 is 10.2 Å². The monoisotopic (exact) mass is 403 g/mol. The third kappa shape index (κ3) is 3.85. The van der Waals surface area contributed by atoms with Crippen molar-refractivity contribution in [1.29, 1.82) is 0 Å². The molecule has 0 spiro atoms. The molecule has 4 nitrogen and oxygen atoms in total. The van der Waals surface area contributed by atoms with E-state index in [1.807, 2.05) is 0 Å². The summed E-state index contributed by atoms with van der Waals surface area (Å²) in [5.41, 5.74) is 3.73. The number of nitrogens with zero attached hydrogens (tertiary/aromatic N) is 2. The Labute approximate surface area is 180 Å². The highest BCUT2D eigenvalue weighted by Crippen LogP contribution is 2.36. The number of nitrogens with one attached hydrogen (secondary N) is 1. The van der Waals surface area contributed by atoms with Crippen molar-refractivity contribution < 1.29 is 4.79 Å². The van der Waals surface area contributed by atoms with Crippen LogP contribution in [0.15, 0.2) is 54.6 Å². The zero-order valence-corrected chi connectivity index (χ0v) is 18.0. The first kappa shape index (κ1) is 19.6. The lowest BCUT2D eigenvalue weighted by molar-refractivity contribution is -0.130. The number of anilines is 1. The second-order valence-electron chi connectivity index (χ2n) is 9.63. The van der Waals surface area contributed by atoms with Crippen LogP contribution >= 0.6 is 0 Å². The Morgan fingerprint density at radius 3 is 2.27 bits per heavy atom. The summed E-state index contributed by atoms with van der Waals surface area (Å²) in [5.74, 6) is 1.07. The van der Waals surface area contributed by atoms with Crippen molar-refractivity contribution in [3.8, 4) is 11.1 Å². The Balaban J connectivity index is 1.20. The summed E-state index contributed by atoms with van der Waals surface area (Å²) < 4.78 is 0. The summed E-state index contributed by atoms with van der Waals surface area (Å²) in [5, 5.41) is 3.48. The van der Waals surface area contributed by atoms with E-state index >= 15 is 0 Å². The molecular weight excluding hydrogens is 370 g/mol. The fraction of sp³-hybridized carbons (Fsp3) is 0.500. The lowest BCUT2D eigenvalue weighted by atomic mass is 9.73. The van der Waals surface area contributed by atoms with Crippen molar-refractivity contribution in [2.75, 3.05) is 37.6 Å². The highest BCUT2D eigenvalue weighted by molar-refractivity contribution is 5.80. The van der Waals surface area contributed by atoms with E-state index in [4.69, 9.17) is 0 Å². The number of carbonyl (C=O) groups is 1. The fourth-order valence-electron chi connectivity index (χ4n) is 5.76. The van der Waals surface area contributed by atoms with E-state index in [0.717, 1.165) is 32.5 Å². The molecule has 2 aromatic carbocycles. The van der Waals surface area contributed by atoms with E-state index in [1.165, 1.54) is 42.7 Å². The van der Waals surface area contributed by atoms with Gasteiger partial charge in [0, 0.05) is 31.2 Å². The number of piperidine rings is 4. The van der Waals surface area contributed by atoms with E-state index in [9.17, 15) is 4.79 Å². The highest BCUT2D eigenvalue weighted by atomic mass is 16.2. The number of hydrogen-bond donors (Lipinski definition) is 1. The van der Waals surface area contributed by atoms with Gasteiger partial charge in [-0.05, 0) is 74.9 Å². The van der Waals surface area contributed by atoms with Crippen LogP contribution in [0.1, 0.15) is 32.6 Å². The predicted molar refractivity (Wildman–Crippen MR) is 123 cm³/mol. The highest BCUT2D eigenvalue weighted by Gasteiger charge is 2.45. The number of hydrogen-bond acceptors (Lipinski definition) is 3. The smallest absolute Gasteiger partial charge is 0.223 e. The van der Waals surface area contributed by atoms with Crippen LogP contribution in [0.25, 0.3) is 11.1 Å². The third-order valence-electron chi connectivity index (χ3n) is 7.63. The number of fused-ring (bicyclic) bond motifs is 3. The molecule has 4 heteroatoms. The molecule has 0 saturated carbocycles. The predicted octanol–water partition coefficient (Wildman–Crippen LogP) is 4.17. The lowest BCUT2D eigenvalue weighted by Crippen LogP contribution is -2.66. The third-order valence-corrected chi connectivity index (χ3v) is 7.63. The molecule has 6 rings (SSSR count). The van der Waals surface area contributed by atoms with Crippen LogP contribution in [0.4, 0.5) is 5.69 Å². The zero-order valence-electron chi connectivity index (χ0n) is 18.0. The maximum atomic E-state index is 13.1. The first-order valence-electron chi connectivity index (χ1n) is 11.6. The lowest BCUT2D eigenvalue weighted by Gasteiger charge is -2.52. The van der Waals surface area contributed by atoms with Gasteiger partial charge in [-0.15, -0.1) is 0 Å². The summed E-state index contributed by atoms with van der Waals surface area (Å²) in [6, 6.07) is 19.3. The SMILES string of the molecule is CC1(NC(=O)C2CCN(c3cccc(-c4ccccc4)c3)CC2)CN2CCC1CC2. The normalized spacial score (nSPS) is 29.0. The van der Waals surface area contributed by atoms with Gasteiger partial charge >= 0.3 is 0 Å². The van der Waals surface area contributed by atoms with E-state index in [1.54, 1.807) is 0 Å². The maximum absolute atomic E-state index is 13.1. The molecule has 0 aromatic heterocycles. The quantitative estimate of drug-likeness (QED) is 0.832. The van der Waals surface area contributed by atoms with Crippen LogP contribution in [-0.4, -0.2) is 49.1 Å². The Kier molecular flexibility index (Phi) is 5.28. The van der Waals surface area contributed by atoms with Gasteiger partial charge in [0.1, 0.15) is 0 Å². The summed E-state index contributed by atoms with van der Waals surface area (Å²) in [6.45, 7) is 7.60. The van der Waals surface area contributed by atoms with Gasteiger partial charge in [-0.1, -0.05) is 42.5 Å². The van der Waals surface area contributed by atoms with Gasteiger partial charge in [-0.25, -0.2) is 0 Å². The molecule has 2 aromatic rings. The average Bonchev–Trinajstić information content (AvgIpc) is 2.80. The summed E-state index contributed by atoms with van der Waals surface area (Å²) >= 11 is 0. The molecule has 4 heterocycles. The van der Waals surface area contributed by atoms with Gasteiger partial charge in [0.2, 0.25) is 5.91 Å². The van der Waals surface area contributed by atoms with Gasteiger partial charge in [-0.3, -0.25) is 4.79 Å². The van der Waals surface area contributed by atoms with Crippen molar-refractivity contribution in [2.45, 2.75) is 38.1 Å².